The lowest BCUT2D eigenvalue weighted by atomic mass is 10.1. The van der Waals surface area contributed by atoms with Crippen LogP contribution >= 0.6 is 11.3 Å². The van der Waals surface area contributed by atoms with Gasteiger partial charge in [0.2, 0.25) is 0 Å². The maximum absolute atomic E-state index is 12.7. The fourth-order valence-electron chi connectivity index (χ4n) is 2.50. The van der Waals surface area contributed by atoms with Gasteiger partial charge in [0.15, 0.2) is 9.84 Å². The fraction of sp³-hybridized carbons (Fsp3) is 0.375. The second-order valence-electron chi connectivity index (χ2n) is 4.97. The zero-order chi connectivity index (χ0) is 16.2. The van der Waals surface area contributed by atoms with E-state index in [4.69, 9.17) is 5.73 Å². The Morgan fingerprint density at radius 2 is 1.77 bits per heavy atom. The Morgan fingerprint density at radius 3 is 2.23 bits per heavy atom. The van der Waals surface area contributed by atoms with Gasteiger partial charge in [-0.2, -0.15) is 0 Å². The van der Waals surface area contributed by atoms with Crippen LogP contribution in [0.2, 0.25) is 0 Å². The van der Waals surface area contributed by atoms with Crippen molar-refractivity contribution >= 4 is 26.9 Å². The molecule has 0 fully saturated rings. The van der Waals surface area contributed by atoms with Crippen molar-refractivity contribution in [2.75, 3.05) is 24.5 Å². The van der Waals surface area contributed by atoms with Crippen molar-refractivity contribution in [3.8, 4) is 0 Å². The monoisotopic (exact) mass is 338 g/mol. The summed E-state index contributed by atoms with van der Waals surface area (Å²) in [6.07, 6.45) is 0. The Balaban J connectivity index is 2.33. The van der Waals surface area contributed by atoms with Gasteiger partial charge in [-0.05, 0) is 43.0 Å². The minimum absolute atomic E-state index is 0.0743. The summed E-state index contributed by atoms with van der Waals surface area (Å²) in [7, 11) is -3.43. The minimum atomic E-state index is -3.43. The molecule has 0 aliphatic carbocycles. The molecular weight excluding hydrogens is 316 g/mol. The van der Waals surface area contributed by atoms with Crippen LogP contribution in [0.1, 0.15) is 24.7 Å². The largest absolute Gasteiger partial charge is 0.372 e. The summed E-state index contributed by atoms with van der Waals surface area (Å²) in [5.74, 6) is 0. The van der Waals surface area contributed by atoms with Gasteiger partial charge in [-0.3, -0.25) is 0 Å². The summed E-state index contributed by atoms with van der Waals surface area (Å²) >= 11 is 1.23. The van der Waals surface area contributed by atoms with E-state index in [9.17, 15) is 8.42 Å². The number of thiophene rings is 1. The Hall–Kier alpha value is -1.37. The molecule has 2 aromatic rings. The van der Waals surface area contributed by atoms with E-state index in [1.165, 1.54) is 11.3 Å². The van der Waals surface area contributed by atoms with Crippen molar-refractivity contribution < 1.29 is 8.42 Å². The van der Waals surface area contributed by atoms with Gasteiger partial charge in [-0.15, -0.1) is 11.3 Å². The van der Waals surface area contributed by atoms with Gasteiger partial charge in [0.25, 0.3) is 0 Å². The molecule has 1 unspecified atom stereocenters. The molecule has 1 atom stereocenters. The van der Waals surface area contributed by atoms with Crippen LogP contribution in [0.15, 0.2) is 46.0 Å². The van der Waals surface area contributed by atoms with Crippen molar-refractivity contribution in [1.82, 2.24) is 0 Å². The molecule has 0 saturated carbocycles. The fourth-order valence-corrected chi connectivity index (χ4v) is 5.31. The summed E-state index contributed by atoms with van der Waals surface area (Å²) in [5.41, 5.74) is 7.60. The van der Waals surface area contributed by atoms with Crippen molar-refractivity contribution in [3.63, 3.8) is 0 Å². The van der Waals surface area contributed by atoms with Crippen LogP contribution in [-0.4, -0.2) is 28.1 Å². The van der Waals surface area contributed by atoms with Crippen molar-refractivity contribution in [1.29, 1.82) is 0 Å². The predicted octanol–water partition coefficient (Wildman–Crippen LogP) is 3.07. The van der Waals surface area contributed by atoms with Crippen LogP contribution in [-0.2, 0) is 9.84 Å². The number of hydrogen-bond donors (Lipinski definition) is 1. The number of nitrogens with two attached hydrogens (primary N) is 1. The second kappa shape index (κ2) is 7.26. The lowest BCUT2D eigenvalue weighted by molar-refractivity contribution is 0.584. The van der Waals surface area contributed by atoms with Crippen LogP contribution < -0.4 is 10.6 Å². The molecule has 1 aromatic carbocycles. The maximum Gasteiger partial charge on any atom is 0.195 e. The zero-order valence-corrected chi connectivity index (χ0v) is 14.5. The number of hydrogen-bond acceptors (Lipinski definition) is 5. The highest BCUT2D eigenvalue weighted by Crippen LogP contribution is 2.31. The molecule has 0 aliphatic rings. The van der Waals surface area contributed by atoms with E-state index in [0.717, 1.165) is 24.3 Å². The number of rotatable bonds is 7. The van der Waals surface area contributed by atoms with Crippen LogP contribution in [0.4, 0.5) is 5.69 Å². The molecular formula is C16H22N2O2S2. The smallest absolute Gasteiger partial charge is 0.195 e. The van der Waals surface area contributed by atoms with E-state index in [2.05, 4.69) is 18.7 Å². The van der Waals surface area contributed by atoms with Gasteiger partial charge in [0.05, 0.1) is 0 Å². The van der Waals surface area contributed by atoms with Crippen LogP contribution in [0.5, 0.6) is 0 Å². The van der Waals surface area contributed by atoms with E-state index >= 15 is 0 Å². The molecule has 0 saturated heterocycles. The molecule has 4 nitrogen and oxygen atoms in total. The molecule has 2 rings (SSSR count). The molecule has 2 N–H and O–H groups in total. The van der Waals surface area contributed by atoms with E-state index in [0.29, 0.717) is 4.21 Å². The van der Waals surface area contributed by atoms with Gasteiger partial charge in [-0.25, -0.2) is 8.42 Å². The van der Waals surface area contributed by atoms with E-state index in [-0.39, 0.29) is 6.54 Å². The second-order valence-corrected chi connectivity index (χ2v) is 8.27. The van der Waals surface area contributed by atoms with Gasteiger partial charge in [0, 0.05) is 25.3 Å². The van der Waals surface area contributed by atoms with E-state index in [1.54, 1.807) is 17.5 Å². The molecule has 120 valence electrons. The first-order valence-electron chi connectivity index (χ1n) is 7.37. The first kappa shape index (κ1) is 17.0. The Bertz CT molecular complexity index is 675. The molecule has 22 heavy (non-hydrogen) atoms. The standard InChI is InChI=1S/C16H22N2O2S2/c1-3-18(4-2)14-9-7-13(8-10-14)15(12-17)22(19,20)16-6-5-11-21-16/h5-11,15H,3-4,12,17H2,1-2H3. The topological polar surface area (TPSA) is 63.4 Å². The third-order valence-electron chi connectivity index (χ3n) is 3.76. The average Bonchev–Trinajstić information content (AvgIpc) is 3.05. The van der Waals surface area contributed by atoms with Crippen LogP contribution in [0, 0.1) is 0 Å². The molecule has 0 radical (unpaired) electrons. The number of nitrogens with zero attached hydrogens (tertiary/aromatic N) is 1. The molecule has 0 aliphatic heterocycles. The maximum atomic E-state index is 12.7. The molecule has 0 amide bonds. The summed E-state index contributed by atoms with van der Waals surface area (Å²) in [6.45, 7) is 6.11. The van der Waals surface area contributed by atoms with E-state index in [1.807, 2.05) is 24.3 Å². The first-order chi connectivity index (χ1) is 10.5. The number of anilines is 1. The highest BCUT2D eigenvalue weighted by Gasteiger charge is 2.28. The van der Waals surface area contributed by atoms with Crippen molar-refractivity contribution in [2.24, 2.45) is 5.73 Å². The molecule has 6 heteroatoms. The Morgan fingerprint density at radius 1 is 1.14 bits per heavy atom. The summed E-state index contributed by atoms with van der Waals surface area (Å²) < 4.78 is 25.7. The minimum Gasteiger partial charge on any atom is -0.372 e. The van der Waals surface area contributed by atoms with Crippen LogP contribution in [0.25, 0.3) is 0 Å². The quantitative estimate of drug-likeness (QED) is 0.843. The first-order valence-corrected chi connectivity index (χ1v) is 9.79. The third-order valence-corrected chi connectivity index (χ3v) is 7.32. The predicted molar refractivity (Wildman–Crippen MR) is 93.3 cm³/mol. The number of benzene rings is 1. The third kappa shape index (κ3) is 3.34. The lowest BCUT2D eigenvalue weighted by Gasteiger charge is -2.22. The molecule has 0 bridgehead atoms. The van der Waals surface area contributed by atoms with E-state index < -0.39 is 15.1 Å². The molecule has 0 spiro atoms. The molecule has 1 heterocycles. The normalized spacial score (nSPS) is 13.0. The Kier molecular flexibility index (Phi) is 5.61. The van der Waals surface area contributed by atoms with Crippen molar-refractivity contribution in [3.05, 3.63) is 47.3 Å². The van der Waals surface area contributed by atoms with Gasteiger partial charge in [-0.1, -0.05) is 18.2 Å². The van der Waals surface area contributed by atoms with Gasteiger partial charge < -0.3 is 10.6 Å². The highest BCUT2D eigenvalue weighted by atomic mass is 32.2. The highest BCUT2D eigenvalue weighted by molar-refractivity contribution is 7.93. The van der Waals surface area contributed by atoms with Gasteiger partial charge in [0.1, 0.15) is 9.46 Å². The average molecular weight is 338 g/mol. The summed E-state index contributed by atoms with van der Waals surface area (Å²) in [6, 6.07) is 11.1. The zero-order valence-electron chi connectivity index (χ0n) is 12.9. The SMILES string of the molecule is CCN(CC)c1ccc(C(CN)S(=O)(=O)c2cccs2)cc1. The van der Waals surface area contributed by atoms with Crippen molar-refractivity contribution in [2.45, 2.75) is 23.3 Å². The number of sulfone groups is 1. The lowest BCUT2D eigenvalue weighted by Crippen LogP contribution is -2.23. The summed E-state index contributed by atoms with van der Waals surface area (Å²) in [5, 5.41) is 1.07. The van der Waals surface area contributed by atoms with Crippen LogP contribution in [0.3, 0.4) is 0 Å². The molecule has 1 aromatic heterocycles. The Labute approximate surface area is 136 Å². The van der Waals surface area contributed by atoms with Gasteiger partial charge >= 0.3 is 0 Å². The summed E-state index contributed by atoms with van der Waals surface area (Å²) in [4.78, 5) is 2.22.